The standard InChI is InChI=1S/C18H26N6.HI/c1-13-7-14(2)11-24(10-13)18(19-3)20-9-15-5-4-6-16(8-15)17-21-12-22-23-17;/h4-6,8,12-14H,7,9-11H2,1-3H3,(H,19,20)(H,21,22,23);1H. The number of hydrogen-bond donors (Lipinski definition) is 2. The fourth-order valence-corrected chi connectivity index (χ4v) is 3.52. The maximum atomic E-state index is 4.47. The maximum Gasteiger partial charge on any atom is 0.193 e. The summed E-state index contributed by atoms with van der Waals surface area (Å²) in [6, 6.07) is 8.32. The molecule has 1 saturated heterocycles. The van der Waals surface area contributed by atoms with Gasteiger partial charge in [0.05, 0.1) is 0 Å². The summed E-state index contributed by atoms with van der Waals surface area (Å²) in [7, 11) is 1.86. The average molecular weight is 454 g/mol. The molecule has 2 atom stereocenters. The van der Waals surface area contributed by atoms with Crippen molar-refractivity contribution in [2.75, 3.05) is 20.1 Å². The van der Waals surface area contributed by atoms with Crippen molar-refractivity contribution < 1.29 is 0 Å². The normalized spacial score (nSPS) is 20.9. The monoisotopic (exact) mass is 454 g/mol. The molecule has 1 aliphatic heterocycles. The lowest BCUT2D eigenvalue weighted by molar-refractivity contribution is 0.208. The van der Waals surface area contributed by atoms with Crippen LogP contribution in [0.4, 0.5) is 0 Å². The number of likely N-dealkylation sites (tertiary alicyclic amines) is 1. The van der Waals surface area contributed by atoms with Gasteiger partial charge in [-0.15, -0.1) is 24.0 Å². The van der Waals surface area contributed by atoms with Gasteiger partial charge in [-0.1, -0.05) is 32.0 Å². The summed E-state index contributed by atoms with van der Waals surface area (Å²) in [4.78, 5) is 11.1. The van der Waals surface area contributed by atoms with Gasteiger partial charge in [0.1, 0.15) is 6.33 Å². The van der Waals surface area contributed by atoms with Crippen molar-refractivity contribution in [2.45, 2.75) is 26.8 Å². The lowest BCUT2D eigenvalue weighted by atomic mass is 9.92. The number of aliphatic imine (C=N–C) groups is 1. The lowest BCUT2D eigenvalue weighted by Gasteiger charge is -2.37. The average Bonchev–Trinajstić information content (AvgIpc) is 3.09. The molecule has 1 aromatic heterocycles. The number of nitrogens with one attached hydrogen (secondary N) is 2. The Hall–Kier alpha value is -1.64. The van der Waals surface area contributed by atoms with E-state index in [9.17, 15) is 0 Å². The summed E-state index contributed by atoms with van der Waals surface area (Å²) in [5.74, 6) is 3.20. The quantitative estimate of drug-likeness (QED) is 0.425. The van der Waals surface area contributed by atoms with Crippen LogP contribution in [-0.4, -0.2) is 46.2 Å². The Balaban J connectivity index is 0.00000225. The number of aromatic amines is 1. The van der Waals surface area contributed by atoms with E-state index in [4.69, 9.17) is 0 Å². The Bertz CT molecular complexity index is 675. The highest BCUT2D eigenvalue weighted by molar-refractivity contribution is 14.0. The van der Waals surface area contributed by atoms with Crippen LogP contribution in [0.25, 0.3) is 11.4 Å². The van der Waals surface area contributed by atoms with Crippen molar-refractivity contribution in [3.05, 3.63) is 36.2 Å². The Kier molecular flexibility index (Phi) is 7.22. The van der Waals surface area contributed by atoms with Crippen LogP contribution in [0, 0.1) is 11.8 Å². The summed E-state index contributed by atoms with van der Waals surface area (Å²) in [6.45, 7) is 7.52. The molecule has 1 fully saturated rings. The third-order valence-corrected chi connectivity index (χ3v) is 4.45. The van der Waals surface area contributed by atoms with Gasteiger partial charge in [-0.3, -0.25) is 10.1 Å². The number of benzene rings is 1. The first-order valence-corrected chi connectivity index (χ1v) is 8.56. The van der Waals surface area contributed by atoms with E-state index >= 15 is 0 Å². The van der Waals surface area contributed by atoms with Gasteiger partial charge in [0.2, 0.25) is 0 Å². The van der Waals surface area contributed by atoms with Gasteiger partial charge in [0, 0.05) is 32.2 Å². The molecule has 1 aliphatic rings. The lowest BCUT2D eigenvalue weighted by Crippen LogP contribution is -2.48. The number of guanidine groups is 1. The van der Waals surface area contributed by atoms with Gasteiger partial charge in [-0.05, 0) is 29.9 Å². The number of piperidine rings is 1. The first kappa shape index (κ1) is 19.7. The van der Waals surface area contributed by atoms with Crippen molar-refractivity contribution >= 4 is 29.9 Å². The van der Waals surface area contributed by atoms with E-state index < -0.39 is 0 Å². The highest BCUT2D eigenvalue weighted by Gasteiger charge is 2.23. The van der Waals surface area contributed by atoms with Gasteiger partial charge in [0.25, 0.3) is 0 Å². The van der Waals surface area contributed by atoms with Crippen LogP contribution in [0.3, 0.4) is 0 Å². The fourth-order valence-electron chi connectivity index (χ4n) is 3.52. The Morgan fingerprint density at radius 3 is 2.72 bits per heavy atom. The number of halogens is 1. The Labute approximate surface area is 166 Å². The van der Waals surface area contributed by atoms with E-state index in [2.05, 4.69) is 56.4 Å². The minimum absolute atomic E-state index is 0. The molecule has 7 heteroatoms. The molecule has 0 saturated carbocycles. The van der Waals surface area contributed by atoms with Crippen LogP contribution in [0.15, 0.2) is 35.6 Å². The van der Waals surface area contributed by atoms with Crippen LogP contribution in [-0.2, 0) is 6.54 Å². The summed E-state index contributed by atoms with van der Waals surface area (Å²) in [5, 5.41) is 10.3. The second-order valence-electron chi connectivity index (χ2n) is 6.79. The third kappa shape index (κ3) is 5.17. The van der Waals surface area contributed by atoms with Crippen molar-refractivity contribution in [1.29, 1.82) is 0 Å². The van der Waals surface area contributed by atoms with Gasteiger partial charge in [0.15, 0.2) is 11.8 Å². The highest BCUT2D eigenvalue weighted by atomic mass is 127. The topological polar surface area (TPSA) is 69.2 Å². The molecule has 25 heavy (non-hydrogen) atoms. The zero-order valence-corrected chi connectivity index (χ0v) is 17.4. The summed E-state index contributed by atoms with van der Waals surface area (Å²) in [5.41, 5.74) is 2.24. The first-order chi connectivity index (χ1) is 11.7. The van der Waals surface area contributed by atoms with Crippen LogP contribution in [0.1, 0.15) is 25.8 Å². The molecular formula is C18H27IN6. The zero-order chi connectivity index (χ0) is 16.9. The second kappa shape index (κ2) is 9.17. The van der Waals surface area contributed by atoms with Crippen LogP contribution >= 0.6 is 24.0 Å². The predicted molar refractivity (Wildman–Crippen MR) is 112 cm³/mol. The summed E-state index contributed by atoms with van der Waals surface area (Å²) >= 11 is 0. The van der Waals surface area contributed by atoms with Crippen LogP contribution < -0.4 is 5.32 Å². The number of H-pyrrole nitrogens is 1. The molecule has 2 heterocycles. The molecule has 2 N–H and O–H groups in total. The molecule has 136 valence electrons. The van der Waals surface area contributed by atoms with Crippen molar-refractivity contribution in [2.24, 2.45) is 16.8 Å². The Morgan fingerprint density at radius 1 is 1.32 bits per heavy atom. The number of aromatic nitrogens is 3. The summed E-state index contributed by atoms with van der Waals surface area (Å²) < 4.78 is 0. The predicted octanol–water partition coefficient (Wildman–Crippen LogP) is 3.14. The molecule has 0 aliphatic carbocycles. The maximum absolute atomic E-state index is 4.47. The van der Waals surface area contributed by atoms with Gasteiger partial charge >= 0.3 is 0 Å². The van der Waals surface area contributed by atoms with E-state index in [0.717, 1.165) is 37.0 Å². The zero-order valence-electron chi connectivity index (χ0n) is 15.1. The highest BCUT2D eigenvalue weighted by Crippen LogP contribution is 2.21. The van der Waals surface area contributed by atoms with E-state index in [0.29, 0.717) is 11.8 Å². The SMILES string of the molecule is CN=C(NCc1cccc(-c2ncn[nH]2)c1)N1CC(C)CC(C)C1.I. The van der Waals surface area contributed by atoms with Crippen LogP contribution in [0.5, 0.6) is 0 Å². The molecular weight excluding hydrogens is 427 g/mol. The molecule has 6 nitrogen and oxygen atoms in total. The van der Waals surface area contributed by atoms with Gasteiger partial charge in [-0.25, -0.2) is 4.98 Å². The molecule has 2 unspecified atom stereocenters. The molecule has 0 spiro atoms. The molecule has 0 radical (unpaired) electrons. The third-order valence-electron chi connectivity index (χ3n) is 4.45. The largest absolute Gasteiger partial charge is 0.352 e. The Morgan fingerprint density at radius 2 is 2.08 bits per heavy atom. The van der Waals surface area contributed by atoms with Crippen molar-refractivity contribution in [3.63, 3.8) is 0 Å². The summed E-state index contributed by atoms with van der Waals surface area (Å²) in [6.07, 6.45) is 2.83. The first-order valence-electron chi connectivity index (χ1n) is 8.56. The minimum atomic E-state index is 0. The van der Waals surface area contributed by atoms with Crippen molar-refractivity contribution in [3.8, 4) is 11.4 Å². The smallest absolute Gasteiger partial charge is 0.193 e. The number of nitrogens with zero attached hydrogens (tertiary/aromatic N) is 4. The van der Waals surface area contributed by atoms with E-state index in [1.165, 1.54) is 18.3 Å². The van der Waals surface area contributed by atoms with E-state index in [1.54, 1.807) is 0 Å². The fraction of sp³-hybridized carbons (Fsp3) is 0.500. The molecule has 0 amide bonds. The molecule has 3 rings (SSSR count). The number of rotatable bonds is 3. The van der Waals surface area contributed by atoms with E-state index in [1.807, 2.05) is 19.2 Å². The van der Waals surface area contributed by atoms with E-state index in [-0.39, 0.29) is 24.0 Å². The molecule has 0 bridgehead atoms. The molecule has 2 aromatic rings. The van der Waals surface area contributed by atoms with Crippen LogP contribution in [0.2, 0.25) is 0 Å². The van der Waals surface area contributed by atoms with Gasteiger partial charge in [-0.2, -0.15) is 5.10 Å². The minimum Gasteiger partial charge on any atom is -0.352 e. The molecule has 1 aromatic carbocycles. The second-order valence-corrected chi connectivity index (χ2v) is 6.79. The van der Waals surface area contributed by atoms with Crippen molar-refractivity contribution in [1.82, 2.24) is 25.4 Å². The number of hydrogen-bond acceptors (Lipinski definition) is 3. The van der Waals surface area contributed by atoms with Gasteiger partial charge < -0.3 is 10.2 Å².